The Hall–Kier alpha value is -3.41. The third-order valence-corrected chi connectivity index (χ3v) is 6.20. The van der Waals surface area contributed by atoms with E-state index in [9.17, 15) is 13.6 Å². The average Bonchev–Trinajstić information content (AvgIpc) is 2.85. The summed E-state index contributed by atoms with van der Waals surface area (Å²) >= 11 is 0. The lowest BCUT2D eigenvalue weighted by atomic mass is 9.91. The zero-order valence-electron chi connectivity index (χ0n) is 21.5. The number of halogens is 3. The molecule has 1 amide bonds. The van der Waals surface area contributed by atoms with Crippen LogP contribution in [0.2, 0.25) is 0 Å². The molecule has 1 unspecified atom stereocenters. The summed E-state index contributed by atoms with van der Waals surface area (Å²) in [4.78, 5) is 21.2. The summed E-state index contributed by atoms with van der Waals surface area (Å²) in [7, 11) is 0. The molecule has 0 aromatic heterocycles. The number of amides is 1. The molecule has 3 nitrogen and oxygen atoms in total. The van der Waals surface area contributed by atoms with E-state index in [1.807, 2.05) is 31.1 Å². The molecule has 0 fully saturated rings. The molecular weight excluding hydrogens is 463 g/mol. The van der Waals surface area contributed by atoms with Gasteiger partial charge in [0.05, 0.1) is 0 Å². The van der Waals surface area contributed by atoms with Crippen LogP contribution in [-0.2, 0) is 28.1 Å². The van der Waals surface area contributed by atoms with Crippen molar-refractivity contribution in [2.45, 2.75) is 65.1 Å². The van der Waals surface area contributed by atoms with E-state index in [-0.39, 0.29) is 16.6 Å². The number of hydrogen-bond donors (Lipinski definition) is 0. The molecule has 0 saturated carbocycles. The predicted octanol–water partition coefficient (Wildman–Crippen LogP) is 7.21. The van der Waals surface area contributed by atoms with Crippen LogP contribution in [-0.4, -0.2) is 19.2 Å². The predicted molar refractivity (Wildman–Crippen MR) is 141 cm³/mol. The zero-order chi connectivity index (χ0) is 26.0. The first-order chi connectivity index (χ1) is 16.7. The van der Waals surface area contributed by atoms with Crippen LogP contribution in [0, 0.1) is 19.7 Å². The van der Waals surface area contributed by atoms with Crippen LogP contribution >= 0.6 is 0 Å². The monoisotopic (exact) mass is 499 g/mol. The van der Waals surface area contributed by atoms with Gasteiger partial charge in [0.1, 0.15) is 18.3 Å². The highest BCUT2D eigenvalue weighted by Crippen LogP contribution is 2.32. The van der Waals surface area contributed by atoms with E-state index in [0.29, 0.717) is 11.3 Å². The molecule has 0 N–H and O–H groups in total. The summed E-state index contributed by atoms with van der Waals surface area (Å²) in [6.45, 7) is 9.28. The third-order valence-electron chi connectivity index (χ3n) is 6.20. The van der Waals surface area contributed by atoms with E-state index >= 15 is 0 Å². The fourth-order valence-corrected chi connectivity index (χ4v) is 4.11. The van der Waals surface area contributed by atoms with Crippen LogP contribution in [0.25, 0.3) is 0 Å². The van der Waals surface area contributed by atoms with Crippen LogP contribution in [0.5, 0.6) is 0 Å². The van der Waals surface area contributed by atoms with Crippen molar-refractivity contribution in [1.82, 2.24) is 0 Å². The number of alkyl halides is 1. The summed E-state index contributed by atoms with van der Waals surface area (Å²) in [5.74, 6) is -0.323. The first-order valence-electron chi connectivity index (χ1n) is 11.8. The van der Waals surface area contributed by atoms with Gasteiger partial charge in [0.25, 0.3) is 0 Å². The minimum absolute atomic E-state index is 0. The van der Waals surface area contributed by atoms with E-state index in [1.165, 1.54) is 23.3 Å². The van der Waals surface area contributed by atoms with Gasteiger partial charge in [-0.15, -0.1) is 0 Å². The summed E-state index contributed by atoms with van der Waals surface area (Å²) < 4.78 is 27.5. The minimum Gasteiger partial charge on any atom is -0.312 e. The lowest BCUT2D eigenvalue weighted by molar-refractivity contribution is -0.108. The van der Waals surface area contributed by atoms with Gasteiger partial charge in [0.15, 0.2) is 0 Å². The molecule has 194 valence electrons. The average molecular weight is 500 g/mol. The van der Waals surface area contributed by atoms with Gasteiger partial charge in [-0.25, -0.2) is 8.78 Å². The van der Waals surface area contributed by atoms with Gasteiger partial charge < -0.3 is 9.69 Å². The molecule has 1 aliphatic rings. The second kappa shape index (κ2) is 14.2. The molecule has 0 radical (unpaired) electrons. The largest absolute Gasteiger partial charge is 0.312 e. The molecule has 0 spiro atoms. The topological polar surface area (TPSA) is 37.4 Å². The van der Waals surface area contributed by atoms with Gasteiger partial charge in [-0.2, -0.15) is 0 Å². The van der Waals surface area contributed by atoms with Gasteiger partial charge in [-0.1, -0.05) is 65.7 Å². The standard InChI is InChI=1S/C21H23F2NO.C8H10.CH2O.FH/c1-21(2,23)17-8-3-15(4-9-17)5-11-19-12-7-16-6-10-18(22)13-20(16)24(19)14-25;1-7-3-5-8(2)6-4-7;1-2;/h3-4,6,8-10,13-14,19H,5,7,11-12H2,1-2H3;3-6H,1-2H3;1H2;1H. The Morgan fingerprint density at radius 2 is 1.53 bits per heavy atom. The van der Waals surface area contributed by atoms with Crippen molar-refractivity contribution in [2.75, 3.05) is 4.90 Å². The first-order valence-corrected chi connectivity index (χ1v) is 11.8. The van der Waals surface area contributed by atoms with Crippen LogP contribution in [0.4, 0.5) is 19.2 Å². The number of hydrogen-bond acceptors (Lipinski definition) is 2. The molecule has 1 atom stereocenters. The zero-order valence-corrected chi connectivity index (χ0v) is 21.5. The molecule has 1 heterocycles. The maximum atomic E-state index is 13.9. The smallest absolute Gasteiger partial charge is 0.214 e. The molecule has 0 saturated heterocycles. The highest BCUT2D eigenvalue weighted by atomic mass is 19.1. The molecule has 6 heteroatoms. The summed E-state index contributed by atoms with van der Waals surface area (Å²) in [6, 6.07) is 20.7. The normalized spacial score (nSPS) is 14.2. The van der Waals surface area contributed by atoms with Crippen LogP contribution in [0.15, 0.2) is 66.7 Å². The minimum atomic E-state index is -1.34. The SMILES string of the molecule is C=O.CC(C)(F)c1ccc(CCC2CCc3ccc(F)cc3N2C=O)cc1.Cc1ccc(C)cc1.F. The maximum absolute atomic E-state index is 13.9. The Morgan fingerprint density at radius 3 is 2.03 bits per heavy atom. The van der Waals surface area contributed by atoms with Crippen molar-refractivity contribution in [2.24, 2.45) is 0 Å². The van der Waals surface area contributed by atoms with Gasteiger partial charge in [0, 0.05) is 11.7 Å². The lowest BCUT2D eigenvalue weighted by Gasteiger charge is -2.34. The number of aryl methyl sites for hydroxylation is 4. The fraction of sp³-hybridized carbons (Fsp3) is 0.333. The highest BCUT2D eigenvalue weighted by molar-refractivity contribution is 5.79. The Bertz CT molecular complexity index is 1060. The fourth-order valence-electron chi connectivity index (χ4n) is 4.11. The van der Waals surface area contributed by atoms with Crippen LogP contribution < -0.4 is 4.90 Å². The molecule has 3 aromatic rings. The second-order valence-corrected chi connectivity index (χ2v) is 9.34. The second-order valence-electron chi connectivity index (χ2n) is 9.34. The molecule has 3 aromatic carbocycles. The van der Waals surface area contributed by atoms with Gasteiger partial charge in [-0.05, 0) is 82.2 Å². The number of carbonyl (C=O) groups is 2. The Kier molecular flexibility index (Phi) is 12.1. The Morgan fingerprint density at radius 1 is 0.972 bits per heavy atom. The van der Waals surface area contributed by atoms with Crippen molar-refractivity contribution < 1.29 is 23.1 Å². The number of anilines is 1. The van der Waals surface area contributed by atoms with E-state index in [0.717, 1.165) is 43.2 Å². The van der Waals surface area contributed by atoms with Crippen LogP contribution in [0.3, 0.4) is 0 Å². The van der Waals surface area contributed by atoms with Gasteiger partial charge in [-0.3, -0.25) is 9.50 Å². The van der Waals surface area contributed by atoms with E-state index < -0.39 is 5.67 Å². The van der Waals surface area contributed by atoms with Gasteiger partial charge >= 0.3 is 0 Å². The summed E-state index contributed by atoms with van der Waals surface area (Å²) in [6.07, 6.45) is 4.11. The third kappa shape index (κ3) is 8.67. The van der Waals surface area contributed by atoms with E-state index in [1.54, 1.807) is 24.8 Å². The molecule has 1 aliphatic heterocycles. The summed E-state index contributed by atoms with van der Waals surface area (Å²) in [5, 5.41) is 0. The number of fused-ring (bicyclic) bond motifs is 1. The Labute approximate surface area is 212 Å². The number of carbonyl (C=O) groups excluding carboxylic acids is 2. The van der Waals surface area contributed by atoms with Crippen molar-refractivity contribution in [3.63, 3.8) is 0 Å². The lowest BCUT2D eigenvalue weighted by Crippen LogP contribution is -2.38. The maximum Gasteiger partial charge on any atom is 0.214 e. The quantitative estimate of drug-likeness (QED) is 0.348. The number of benzene rings is 3. The van der Waals surface area contributed by atoms with Crippen molar-refractivity contribution >= 4 is 18.9 Å². The summed E-state index contributed by atoms with van der Waals surface area (Å²) in [5.41, 5.74) is 4.78. The molecular formula is C30H36F3NO2. The van der Waals surface area contributed by atoms with E-state index in [2.05, 4.69) is 38.1 Å². The Balaban J connectivity index is 0.000000499. The van der Waals surface area contributed by atoms with Crippen molar-refractivity contribution in [3.05, 3.63) is 100 Å². The number of nitrogens with zero attached hydrogens (tertiary/aromatic N) is 1. The molecule has 0 aliphatic carbocycles. The molecule has 0 bridgehead atoms. The van der Waals surface area contributed by atoms with Crippen molar-refractivity contribution in [3.8, 4) is 0 Å². The molecule has 4 rings (SSSR count). The van der Waals surface area contributed by atoms with Crippen molar-refractivity contribution in [1.29, 1.82) is 0 Å². The van der Waals surface area contributed by atoms with Crippen LogP contribution in [0.1, 0.15) is 54.5 Å². The van der Waals surface area contributed by atoms with E-state index in [4.69, 9.17) is 4.79 Å². The first kappa shape index (κ1) is 30.6. The highest BCUT2D eigenvalue weighted by Gasteiger charge is 2.26. The molecule has 36 heavy (non-hydrogen) atoms. The number of rotatable bonds is 5. The van der Waals surface area contributed by atoms with Gasteiger partial charge in [0.2, 0.25) is 6.41 Å².